The van der Waals surface area contributed by atoms with Gasteiger partial charge >= 0.3 is 0 Å². The molecule has 3 aromatic rings. The number of carbonyl (C=O) groups excluding carboxylic acids is 1. The highest BCUT2D eigenvalue weighted by Crippen LogP contribution is 2.23. The number of hydrogen-bond donors (Lipinski definition) is 1. The van der Waals surface area contributed by atoms with Gasteiger partial charge < -0.3 is 5.32 Å². The fourth-order valence-electron chi connectivity index (χ4n) is 2.36. The molecule has 0 aliphatic rings. The smallest absolute Gasteiger partial charge is 0.277 e. The quantitative estimate of drug-likeness (QED) is 0.769. The summed E-state index contributed by atoms with van der Waals surface area (Å²) in [6, 6.07) is 7.28. The third-order valence-corrected chi connectivity index (χ3v) is 4.40. The van der Waals surface area contributed by atoms with Gasteiger partial charge in [0.1, 0.15) is 0 Å². The standard InChI is InChI=1S/C16H15Cl2N5O/c1-9-14(18)10(2)23(20-9)12-6-4-11(5-7-12)19-16(24)15-13(17)8-22(3)21-15/h4-8H,1-3H3,(H,19,24). The molecule has 2 heterocycles. The van der Waals surface area contributed by atoms with Gasteiger partial charge in [-0.2, -0.15) is 10.2 Å². The first kappa shape index (κ1) is 16.5. The molecule has 0 saturated carbocycles. The van der Waals surface area contributed by atoms with Gasteiger partial charge in [-0.15, -0.1) is 0 Å². The van der Waals surface area contributed by atoms with Crippen LogP contribution in [-0.4, -0.2) is 25.5 Å². The number of rotatable bonds is 3. The van der Waals surface area contributed by atoms with Crippen molar-refractivity contribution >= 4 is 34.8 Å². The van der Waals surface area contributed by atoms with Crippen LogP contribution in [0.25, 0.3) is 5.69 Å². The topological polar surface area (TPSA) is 64.7 Å². The summed E-state index contributed by atoms with van der Waals surface area (Å²) in [5, 5.41) is 12.2. The summed E-state index contributed by atoms with van der Waals surface area (Å²) in [6.45, 7) is 3.76. The van der Waals surface area contributed by atoms with E-state index >= 15 is 0 Å². The first-order valence-electron chi connectivity index (χ1n) is 7.19. The van der Waals surface area contributed by atoms with Crippen LogP contribution in [0, 0.1) is 13.8 Å². The average Bonchev–Trinajstić information content (AvgIpc) is 3.02. The average molecular weight is 364 g/mol. The Morgan fingerprint density at radius 2 is 1.79 bits per heavy atom. The zero-order valence-electron chi connectivity index (χ0n) is 13.3. The summed E-state index contributed by atoms with van der Waals surface area (Å²) in [5.41, 5.74) is 3.32. The molecule has 0 saturated heterocycles. The maximum absolute atomic E-state index is 12.2. The predicted octanol–water partition coefficient (Wildman–Crippen LogP) is 3.78. The molecule has 8 heteroatoms. The second-order valence-corrected chi connectivity index (χ2v) is 6.18. The second-order valence-electron chi connectivity index (χ2n) is 5.40. The summed E-state index contributed by atoms with van der Waals surface area (Å²) in [7, 11) is 1.71. The van der Waals surface area contributed by atoms with Crippen LogP contribution in [0.2, 0.25) is 10.0 Å². The number of anilines is 1. The van der Waals surface area contributed by atoms with Gasteiger partial charge in [0.15, 0.2) is 5.69 Å². The van der Waals surface area contributed by atoms with Crippen molar-refractivity contribution in [1.82, 2.24) is 19.6 Å². The number of amides is 1. The van der Waals surface area contributed by atoms with Gasteiger partial charge in [0, 0.05) is 18.9 Å². The fraction of sp³-hybridized carbons (Fsp3) is 0.188. The van der Waals surface area contributed by atoms with Crippen LogP contribution in [0.15, 0.2) is 30.5 Å². The maximum Gasteiger partial charge on any atom is 0.277 e. The van der Waals surface area contributed by atoms with E-state index in [4.69, 9.17) is 23.2 Å². The highest BCUT2D eigenvalue weighted by atomic mass is 35.5. The molecule has 0 aliphatic carbocycles. The molecule has 1 aromatic carbocycles. The molecule has 24 heavy (non-hydrogen) atoms. The van der Waals surface area contributed by atoms with E-state index in [1.165, 1.54) is 4.68 Å². The van der Waals surface area contributed by atoms with Crippen LogP contribution in [0.5, 0.6) is 0 Å². The molecule has 6 nitrogen and oxygen atoms in total. The lowest BCUT2D eigenvalue weighted by molar-refractivity contribution is 0.102. The minimum Gasteiger partial charge on any atom is -0.321 e. The van der Waals surface area contributed by atoms with E-state index in [2.05, 4.69) is 15.5 Å². The Bertz CT molecular complexity index is 911. The third-order valence-electron chi connectivity index (χ3n) is 3.57. The summed E-state index contributed by atoms with van der Waals surface area (Å²) in [6.07, 6.45) is 1.58. The summed E-state index contributed by atoms with van der Waals surface area (Å²) >= 11 is 12.1. The van der Waals surface area contributed by atoms with E-state index in [1.54, 1.807) is 30.1 Å². The molecule has 1 N–H and O–H groups in total. The fourth-order valence-corrected chi connectivity index (χ4v) is 2.75. The molecule has 124 valence electrons. The molecule has 0 fully saturated rings. The molecule has 2 aromatic heterocycles. The molecule has 3 rings (SSSR count). The number of nitrogens with zero attached hydrogens (tertiary/aromatic N) is 4. The molecule has 0 unspecified atom stereocenters. The highest BCUT2D eigenvalue weighted by molar-refractivity contribution is 6.34. The number of aromatic nitrogens is 4. The van der Waals surface area contributed by atoms with Gasteiger partial charge in [-0.3, -0.25) is 9.48 Å². The molecular weight excluding hydrogens is 349 g/mol. The van der Waals surface area contributed by atoms with Crippen molar-refractivity contribution in [2.75, 3.05) is 5.32 Å². The number of halogens is 2. The Hall–Kier alpha value is -2.31. The van der Waals surface area contributed by atoms with Gasteiger partial charge in [-0.1, -0.05) is 23.2 Å². The van der Waals surface area contributed by atoms with Crippen molar-refractivity contribution in [1.29, 1.82) is 0 Å². The number of aryl methyl sites for hydroxylation is 2. The summed E-state index contributed by atoms with van der Waals surface area (Å²) in [5.74, 6) is -0.359. The first-order valence-corrected chi connectivity index (χ1v) is 7.95. The van der Waals surface area contributed by atoms with Crippen molar-refractivity contribution in [2.45, 2.75) is 13.8 Å². The van der Waals surface area contributed by atoms with Gasteiger partial charge in [0.25, 0.3) is 5.91 Å². The van der Waals surface area contributed by atoms with Gasteiger partial charge in [0.2, 0.25) is 0 Å². The lowest BCUT2D eigenvalue weighted by atomic mass is 10.2. The highest BCUT2D eigenvalue weighted by Gasteiger charge is 2.15. The molecular formula is C16H15Cl2N5O. The number of benzene rings is 1. The molecule has 0 radical (unpaired) electrons. The normalized spacial score (nSPS) is 10.9. The van der Waals surface area contributed by atoms with Gasteiger partial charge in [0.05, 0.1) is 27.1 Å². The Labute approximate surface area is 149 Å². The SMILES string of the molecule is Cc1nn(-c2ccc(NC(=O)c3nn(C)cc3Cl)cc2)c(C)c1Cl. The summed E-state index contributed by atoms with van der Waals surface area (Å²) < 4.78 is 3.26. The van der Waals surface area contributed by atoms with E-state index in [1.807, 2.05) is 26.0 Å². The molecule has 1 amide bonds. The maximum atomic E-state index is 12.2. The van der Waals surface area contributed by atoms with Crippen LogP contribution in [-0.2, 0) is 7.05 Å². The second kappa shape index (κ2) is 6.30. The molecule has 0 spiro atoms. The van der Waals surface area contributed by atoms with Crippen LogP contribution in [0.3, 0.4) is 0 Å². The Balaban J connectivity index is 1.81. The van der Waals surface area contributed by atoms with E-state index in [9.17, 15) is 4.79 Å². The predicted molar refractivity (Wildman–Crippen MR) is 94.2 cm³/mol. The Kier molecular flexibility index (Phi) is 4.34. The van der Waals surface area contributed by atoms with Gasteiger partial charge in [-0.05, 0) is 38.1 Å². The lowest BCUT2D eigenvalue weighted by Gasteiger charge is -2.07. The van der Waals surface area contributed by atoms with Crippen molar-refractivity contribution < 1.29 is 4.79 Å². The third kappa shape index (κ3) is 3.02. The van der Waals surface area contributed by atoms with Gasteiger partial charge in [-0.25, -0.2) is 4.68 Å². The Morgan fingerprint density at radius 1 is 1.12 bits per heavy atom. The lowest BCUT2D eigenvalue weighted by Crippen LogP contribution is -2.13. The summed E-state index contributed by atoms with van der Waals surface area (Å²) in [4.78, 5) is 12.2. The largest absolute Gasteiger partial charge is 0.321 e. The Morgan fingerprint density at radius 3 is 2.29 bits per heavy atom. The van der Waals surface area contributed by atoms with E-state index in [0.717, 1.165) is 17.1 Å². The molecule has 0 atom stereocenters. The van der Waals surface area contributed by atoms with Crippen LogP contribution < -0.4 is 5.32 Å². The molecule has 0 aliphatic heterocycles. The minimum absolute atomic E-state index is 0.188. The van der Waals surface area contributed by atoms with Crippen molar-refractivity contribution in [3.8, 4) is 5.69 Å². The monoisotopic (exact) mass is 363 g/mol. The number of nitrogens with one attached hydrogen (secondary N) is 1. The first-order chi connectivity index (χ1) is 11.4. The van der Waals surface area contributed by atoms with Crippen molar-refractivity contribution in [2.24, 2.45) is 7.05 Å². The molecule has 0 bridgehead atoms. The zero-order chi connectivity index (χ0) is 17.4. The zero-order valence-corrected chi connectivity index (χ0v) is 14.9. The van der Waals surface area contributed by atoms with Crippen LogP contribution in [0.4, 0.5) is 5.69 Å². The van der Waals surface area contributed by atoms with E-state index in [0.29, 0.717) is 15.7 Å². The van der Waals surface area contributed by atoms with Crippen molar-refractivity contribution in [3.05, 3.63) is 57.6 Å². The van der Waals surface area contributed by atoms with Crippen molar-refractivity contribution in [3.63, 3.8) is 0 Å². The van der Waals surface area contributed by atoms with E-state index < -0.39 is 0 Å². The van der Waals surface area contributed by atoms with E-state index in [-0.39, 0.29) is 11.6 Å². The number of hydrogen-bond acceptors (Lipinski definition) is 3. The minimum atomic E-state index is -0.359. The van der Waals surface area contributed by atoms with Crippen LogP contribution in [0.1, 0.15) is 21.9 Å². The van der Waals surface area contributed by atoms with Crippen LogP contribution >= 0.6 is 23.2 Å². The number of carbonyl (C=O) groups is 1.